The molecule has 7 heteroatoms. The summed E-state index contributed by atoms with van der Waals surface area (Å²) in [6.45, 7) is 4.93. The van der Waals surface area contributed by atoms with E-state index in [0.717, 1.165) is 5.56 Å². The average Bonchev–Trinajstić information content (AvgIpc) is 2.49. The molecule has 2 aromatic carbocycles. The molecule has 0 unspecified atom stereocenters. The molecule has 0 fully saturated rings. The molecule has 1 amide bonds. The number of rotatable bonds is 6. The van der Waals surface area contributed by atoms with Crippen LogP contribution in [0.1, 0.15) is 16.7 Å². The summed E-state index contributed by atoms with van der Waals surface area (Å²) in [6.07, 6.45) is 0. The second kappa shape index (κ2) is 7.77. The molecule has 0 atom stereocenters. The molecule has 0 bridgehead atoms. The predicted octanol–water partition coefficient (Wildman–Crippen LogP) is 2.02. The van der Waals surface area contributed by atoms with Crippen molar-refractivity contribution >= 4 is 21.6 Å². The van der Waals surface area contributed by atoms with Gasteiger partial charge in [-0.1, -0.05) is 29.8 Å². The van der Waals surface area contributed by atoms with Gasteiger partial charge in [0.05, 0.1) is 11.4 Å². The molecule has 0 heterocycles. The van der Waals surface area contributed by atoms with Gasteiger partial charge in [-0.3, -0.25) is 9.69 Å². The summed E-state index contributed by atoms with van der Waals surface area (Å²) < 4.78 is 22.7. The van der Waals surface area contributed by atoms with Crippen molar-refractivity contribution in [2.24, 2.45) is 5.14 Å². The van der Waals surface area contributed by atoms with Crippen molar-refractivity contribution < 1.29 is 13.2 Å². The van der Waals surface area contributed by atoms with Crippen molar-refractivity contribution in [3.05, 3.63) is 59.2 Å². The summed E-state index contributed by atoms with van der Waals surface area (Å²) >= 11 is 0. The monoisotopic (exact) mass is 361 g/mol. The summed E-state index contributed by atoms with van der Waals surface area (Å²) in [5.74, 6) is -0.223. The van der Waals surface area contributed by atoms with E-state index < -0.39 is 10.0 Å². The lowest BCUT2D eigenvalue weighted by molar-refractivity contribution is -0.117. The van der Waals surface area contributed by atoms with Gasteiger partial charge in [-0.15, -0.1) is 0 Å². The SMILES string of the molecule is Cc1ccc(CN(C)CC(=O)Nc2cccc(S(N)(=O)=O)c2)c(C)c1. The Bertz CT molecular complexity index is 879. The number of nitrogens with one attached hydrogen (secondary N) is 1. The van der Waals surface area contributed by atoms with Crippen LogP contribution in [0.4, 0.5) is 5.69 Å². The predicted molar refractivity (Wildman–Crippen MR) is 98.7 cm³/mol. The standard InChI is InChI=1S/C18H23N3O3S/c1-13-7-8-15(14(2)9-13)11-21(3)12-18(22)20-16-5-4-6-17(10-16)25(19,23)24/h4-10H,11-12H2,1-3H3,(H,20,22)(H2,19,23,24). The molecule has 0 aliphatic heterocycles. The first-order chi connectivity index (χ1) is 11.6. The number of carbonyl (C=O) groups excluding carboxylic acids is 1. The minimum absolute atomic E-state index is 0.0334. The number of benzene rings is 2. The Kier molecular flexibility index (Phi) is 5.94. The number of hydrogen-bond acceptors (Lipinski definition) is 4. The average molecular weight is 361 g/mol. The van der Waals surface area contributed by atoms with Gasteiger partial charge in [0, 0.05) is 12.2 Å². The van der Waals surface area contributed by atoms with Gasteiger partial charge in [-0.05, 0) is 50.2 Å². The number of anilines is 1. The molecule has 3 N–H and O–H groups in total. The van der Waals surface area contributed by atoms with Gasteiger partial charge in [-0.2, -0.15) is 0 Å². The number of hydrogen-bond donors (Lipinski definition) is 2. The maximum Gasteiger partial charge on any atom is 0.238 e. The molecule has 0 saturated heterocycles. The second-order valence-corrected chi connectivity index (χ2v) is 7.78. The van der Waals surface area contributed by atoms with Crippen LogP contribution in [0.15, 0.2) is 47.4 Å². The van der Waals surface area contributed by atoms with Crippen LogP contribution in [0.2, 0.25) is 0 Å². The van der Waals surface area contributed by atoms with Crippen LogP contribution in [0.25, 0.3) is 0 Å². The topological polar surface area (TPSA) is 92.5 Å². The lowest BCUT2D eigenvalue weighted by atomic mass is 10.1. The molecule has 0 aliphatic rings. The zero-order valence-corrected chi connectivity index (χ0v) is 15.4. The van der Waals surface area contributed by atoms with Crippen LogP contribution in [0.5, 0.6) is 0 Å². The number of likely N-dealkylation sites (N-methyl/N-ethyl adjacent to an activating group) is 1. The number of nitrogens with two attached hydrogens (primary N) is 1. The minimum Gasteiger partial charge on any atom is -0.325 e. The van der Waals surface area contributed by atoms with Crippen molar-refractivity contribution in [2.75, 3.05) is 18.9 Å². The second-order valence-electron chi connectivity index (χ2n) is 6.22. The molecule has 0 aliphatic carbocycles. The summed E-state index contributed by atoms with van der Waals surface area (Å²) in [6, 6.07) is 12.1. The first-order valence-corrected chi connectivity index (χ1v) is 9.37. The number of aryl methyl sites for hydroxylation is 2. The van der Waals surface area contributed by atoms with Crippen molar-refractivity contribution in [3.63, 3.8) is 0 Å². The highest BCUT2D eigenvalue weighted by Gasteiger charge is 2.11. The molecule has 134 valence electrons. The molecule has 0 radical (unpaired) electrons. The third-order valence-corrected chi connectivity index (χ3v) is 4.71. The quantitative estimate of drug-likeness (QED) is 0.823. The van der Waals surface area contributed by atoms with Gasteiger partial charge < -0.3 is 5.32 Å². The normalized spacial score (nSPS) is 11.6. The number of sulfonamides is 1. The fourth-order valence-corrected chi connectivity index (χ4v) is 3.13. The van der Waals surface area contributed by atoms with Crippen molar-refractivity contribution in [2.45, 2.75) is 25.3 Å². The van der Waals surface area contributed by atoms with Crippen LogP contribution in [0, 0.1) is 13.8 Å². The summed E-state index contributed by atoms with van der Waals surface area (Å²) in [5, 5.41) is 7.79. The van der Waals surface area contributed by atoms with Gasteiger partial charge >= 0.3 is 0 Å². The molecule has 6 nitrogen and oxygen atoms in total. The molecule has 25 heavy (non-hydrogen) atoms. The third kappa shape index (κ3) is 5.67. The fourth-order valence-electron chi connectivity index (χ4n) is 2.57. The third-order valence-electron chi connectivity index (χ3n) is 3.80. The largest absolute Gasteiger partial charge is 0.325 e. The first-order valence-electron chi connectivity index (χ1n) is 7.82. The van der Waals surface area contributed by atoms with Crippen molar-refractivity contribution in [1.29, 1.82) is 0 Å². The molecule has 0 saturated carbocycles. The molecular formula is C18H23N3O3S. The Labute approximate surface area is 148 Å². The summed E-state index contributed by atoms with van der Waals surface area (Å²) in [7, 11) is -1.93. The number of carbonyl (C=O) groups is 1. The fraction of sp³-hybridized carbons (Fsp3) is 0.278. The van der Waals surface area contributed by atoms with Crippen LogP contribution >= 0.6 is 0 Å². The Balaban J connectivity index is 1.98. The van der Waals surface area contributed by atoms with Crippen molar-refractivity contribution in [1.82, 2.24) is 4.90 Å². The van der Waals surface area contributed by atoms with E-state index in [2.05, 4.69) is 30.4 Å². The lowest BCUT2D eigenvalue weighted by Gasteiger charge is -2.18. The van der Waals surface area contributed by atoms with Gasteiger partial charge in [0.15, 0.2) is 0 Å². The Morgan fingerprint density at radius 3 is 2.52 bits per heavy atom. The Hall–Kier alpha value is -2.22. The van der Waals surface area contributed by atoms with E-state index in [-0.39, 0.29) is 17.3 Å². The van der Waals surface area contributed by atoms with Crippen molar-refractivity contribution in [3.8, 4) is 0 Å². The van der Waals surface area contributed by atoms with E-state index in [0.29, 0.717) is 12.2 Å². The van der Waals surface area contributed by atoms with E-state index in [1.54, 1.807) is 6.07 Å². The Morgan fingerprint density at radius 2 is 1.88 bits per heavy atom. The Morgan fingerprint density at radius 1 is 1.16 bits per heavy atom. The summed E-state index contributed by atoms with van der Waals surface area (Å²) in [4.78, 5) is 14.0. The van der Waals surface area contributed by atoms with Gasteiger partial charge in [0.2, 0.25) is 15.9 Å². The number of primary sulfonamides is 1. The van der Waals surface area contributed by atoms with Crippen LogP contribution in [0.3, 0.4) is 0 Å². The lowest BCUT2D eigenvalue weighted by Crippen LogP contribution is -2.30. The van der Waals surface area contributed by atoms with Crippen LogP contribution in [-0.4, -0.2) is 32.8 Å². The molecule has 0 aromatic heterocycles. The maximum atomic E-state index is 12.2. The van der Waals surface area contributed by atoms with E-state index in [1.807, 2.05) is 18.9 Å². The van der Waals surface area contributed by atoms with Gasteiger partial charge in [0.1, 0.15) is 0 Å². The zero-order valence-electron chi connectivity index (χ0n) is 14.6. The van der Waals surface area contributed by atoms with E-state index in [4.69, 9.17) is 5.14 Å². The van der Waals surface area contributed by atoms with E-state index in [9.17, 15) is 13.2 Å². The van der Waals surface area contributed by atoms with E-state index >= 15 is 0 Å². The molecule has 0 spiro atoms. The number of amides is 1. The van der Waals surface area contributed by atoms with Gasteiger partial charge in [0.25, 0.3) is 0 Å². The zero-order chi connectivity index (χ0) is 18.6. The number of nitrogens with zero attached hydrogens (tertiary/aromatic N) is 1. The highest BCUT2D eigenvalue weighted by atomic mass is 32.2. The van der Waals surface area contributed by atoms with Crippen LogP contribution in [-0.2, 0) is 21.4 Å². The highest BCUT2D eigenvalue weighted by Crippen LogP contribution is 2.15. The van der Waals surface area contributed by atoms with E-state index in [1.165, 1.54) is 29.3 Å². The highest BCUT2D eigenvalue weighted by molar-refractivity contribution is 7.89. The summed E-state index contributed by atoms with van der Waals surface area (Å²) in [5.41, 5.74) is 3.96. The minimum atomic E-state index is -3.79. The molecule has 2 rings (SSSR count). The maximum absolute atomic E-state index is 12.2. The molecular weight excluding hydrogens is 338 g/mol. The molecule has 2 aromatic rings. The first kappa shape index (κ1) is 19.1. The van der Waals surface area contributed by atoms with Gasteiger partial charge in [-0.25, -0.2) is 13.6 Å². The van der Waals surface area contributed by atoms with Crippen LogP contribution < -0.4 is 10.5 Å². The smallest absolute Gasteiger partial charge is 0.238 e.